The van der Waals surface area contributed by atoms with Crippen molar-refractivity contribution in [1.82, 2.24) is 30.0 Å². The maximum atomic E-state index is 13.9. The van der Waals surface area contributed by atoms with Crippen molar-refractivity contribution in [2.24, 2.45) is 0 Å². The van der Waals surface area contributed by atoms with E-state index in [2.05, 4.69) is 27.1 Å². The first kappa shape index (κ1) is 34.1. The highest BCUT2D eigenvalue weighted by molar-refractivity contribution is 5.97. The maximum absolute atomic E-state index is 13.9. The van der Waals surface area contributed by atoms with E-state index in [-0.39, 0.29) is 43.5 Å². The van der Waals surface area contributed by atoms with E-state index in [1.165, 1.54) is 4.90 Å². The first-order valence-electron chi connectivity index (χ1n) is 16.9. The number of benzene rings is 2. The smallest absolute Gasteiger partial charge is 0.257 e. The Balaban J connectivity index is 1.24. The molecule has 260 valence electrons. The number of methoxy groups -OCH3 is 1. The third-order valence-corrected chi connectivity index (χ3v) is 9.29. The Hall–Kier alpha value is -4.75. The Kier molecular flexibility index (Phi) is 10.6. The monoisotopic (exact) mass is 671 g/mol. The van der Waals surface area contributed by atoms with Crippen molar-refractivity contribution in [2.45, 2.75) is 45.4 Å². The molecule has 1 N–H and O–H groups in total. The van der Waals surface area contributed by atoms with Crippen LogP contribution in [0.2, 0.25) is 0 Å². The van der Waals surface area contributed by atoms with Crippen molar-refractivity contribution >= 4 is 23.7 Å². The highest BCUT2D eigenvalue weighted by atomic mass is 16.5. The average molecular weight is 672 g/mol. The molecule has 3 aromatic rings. The van der Waals surface area contributed by atoms with Crippen molar-refractivity contribution in [1.29, 1.82) is 0 Å². The van der Waals surface area contributed by atoms with Crippen molar-refractivity contribution < 1.29 is 28.6 Å². The molecule has 4 heterocycles. The number of carbonyl (C=O) groups is 3. The summed E-state index contributed by atoms with van der Waals surface area (Å²) in [7, 11) is 3.64. The van der Waals surface area contributed by atoms with Crippen LogP contribution in [0.5, 0.6) is 17.2 Å². The van der Waals surface area contributed by atoms with E-state index in [1.54, 1.807) is 36.4 Å². The highest BCUT2D eigenvalue weighted by Crippen LogP contribution is 2.33. The Morgan fingerprint density at radius 3 is 2.65 bits per heavy atom. The van der Waals surface area contributed by atoms with Crippen molar-refractivity contribution in [2.75, 3.05) is 71.4 Å². The lowest BCUT2D eigenvalue weighted by atomic mass is 10.00. The van der Waals surface area contributed by atoms with Crippen LogP contribution in [-0.2, 0) is 16.1 Å². The van der Waals surface area contributed by atoms with Gasteiger partial charge in [-0.25, -0.2) is 9.97 Å². The fraction of sp³-hybridized carbons (Fsp3) is 0.472. The number of likely N-dealkylation sites (N-methyl/N-ethyl adjacent to an activating group) is 1. The van der Waals surface area contributed by atoms with E-state index in [1.807, 2.05) is 38.1 Å². The standard InChI is InChI=1S/C36H45N7O6/c1-5-12-42-22-33(44)39-29-11-13-43(35(46)28-20-37-36(38-24(28)2)41-16-14-40(3)15-17-41)21-32(29)48-23-25-7-6-8-27(18-25)49-31-19-26(34(42)45)9-10-30(31)47-4/h6-10,18-20,29,32H,5,11-17,21-23H2,1-4H3,(H,39,44)/t29-,32-/m0/s1. The van der Waals surface area contributed by atoms with Crippen LogP contribution in [0.4, 0.5) is 5.95 Å². The van der Waals surface area contributed by atoms with Crippen LogP contribution in [0.15, 0.2) is 48.7 Å². The van der Waals surface area contributed by atoms with Gasteiger partial charge in [0.25, 0.3) is 11.8 Å². The zero-order valence-corrected chi connectivity index (χ0v) is 28.7. The van der Waals surface area contributed by atoms with Crippen molar-refractivity contribution in [3.63, 3.8) is 0 Å². The van der Waals surface area contributed by atoms with Crippen LogP contribution in [0.25, 0.3) is 0 Å². The fourth-order valence-corrected chi connectivity index (χ4v) is 6.48. The molecule has 13 nitrogen and oxygen atoms in total. The van der Waals surface area contributed by atoms with E-state index >= 15 is 0 Å². The molecule has 2 atom stereocenters. The lowest BCUT2D eigenvalue weighted by Gasteiger charge is -2.39. The third-order valence-electron chi connectivity index (χ3n) is 9.29. The number of rotatable bonds is 5. The molecule has 0 spiro atoms. The zero-order chi connectivity index (χ0) is 34.5. The number of aryl methyl sites for hydroxylation is 1. The summed E-state index contributed by atoms with van der Waals surface area (Å²) in [6.45, 7) is 8.54. The van der Waals surface area contributed by atoms with E-state index < -0.39 is 6.10 Å². The predicted octanol–water partition coefficient (Wildman–Crippen LogP) is 3.12. The summed E-state index contributed by atoms with van der Waals surface area (Å²) >= 11 is 0. The van der Waals surface area contributed by atoms with Crippen LogP contribution >= 0.6 is 0 Å². The largest absolute Gasteiger partial charge is 0.493 e. The number of likely N-dealkylation sites (tertiary alicyclic amines) is 1. The van der Waals surface area contributed by atoms with Crippen LogP contribution in [0.3, 0.4) is 0 Å². The average Bonchev–Trinajstić information content (AvgIpc) is 3.10. The highest BCUT2D eigenvalue weighted by Gasteiger charge is 2.35. The molecule has 3 aliphatic rings. The number of fused-ring (bicyclic) bond motifs is 5. The summed E-state index contributed by atoms with van der Waals surface area (Å²) in [5, 5.41) is 3.12. The van der Waals surface area contributed by atoms with Gasteiger partial charge in [0, 0.05) is 57.6 Å². The lowest BCUT2D eigenvalue weighted by molar-refractivity contribution is -0.124. The molecule has 2 aromatic carbocycles. The van der Waals surface area contributed by atoms with Gasteiger partial charge in [-0.2, -0.15) is 0 Å². The number of hydrogen-bond acceptors (Lipinski definition) is 10. The molecule has 6 rings (SSSR count). The first-order chi connectivity index (χ1) is 23.7. The number of anilines is 1. The second kappa shape index (κ2) is 15.2. The van der Waals surface area contributed by atoms with Gasteiger partial charge in [0.15, 0.2) is 11.5 Å². The van der Waals surface area contributed by atoms with Crippen LogP contribution < -0.4 is 19.7 Å². The quantitative estimate of drug-likeness (QED) is 0.432. The summed E-state index contributed by atoms with van der Waals surface area (Å²) in [4.78, 5) is 58.0. The Bertz CT molecular complexity index is 1680. The topological polar surface area (TPSA) is 130 Å². The number of piperazine rings is 1. The summed E-state index contributed by atoms with van der Waals surface area (Å²) in [5.41, 5.74) is 2.32. The van der Waals surface area contributed by atoms with Crippen molar-refractivity contribution in [3.05, 3.63) is 71.0 Å². The molecule has 3 amide bonds. The van der Waals surface area contributed by atoms with E-state index in [9.17, 15) is 14.4 Å². The number of nitrogens with one attached hydrogen (secondary N) is 1. The van der Waals surface area contributed by atoms with Crippen LogP contribution in [-0.4, -0.2) is 121 Å². The maximum Gasteiger partial charge on any atom is 0.257 e. The number of nitrogens with zero attached hydrogens (tertiary/aromatic N) is 6. The fourth-order valence-electron chi connectivity index (χ4n) is 6.48. The molecule has 49 heavy (non-hydrogen) atoms. The van der Waals surface area contributed by atoms with Gasteiger partial charge in [0.05, 0.1) is 43.7 Å². The van der Waals surface area contributed by atoms with Gasteiger partial charge >= 0.3 is 0 Å². The summed E-state index contributed by atoms with van der Waals surface area (Å²) in [6, 6.07) is 12.1. The van der Waals surface area contributed by atoms with E-state index in [4.69, 9.17) is 19.2 Å². The number of ether oxygens (including phenoxy) is 3. The number of carbonyl (C=O) groups excluding carboxylic acids is 3. The molecular weight excluding hydrogens is 626 g/mol. The van der Waals surface area contributed by atoms with Crippen LogP contribution in [0.1, 0.15) is 51.7 Å². The summed E-state index contributed by atoms with van der Waals surface area (Å²) in [6.07, 6.45) is 2.28. The lowest BCUT2D eigenvalue weighted by Crippen LogP contribution is -2.57. The van der Waals surface area contributed by atoms with E-state index in [0.29, 0.717) is 65.9 Å². The second-order valence-electron chi connectivity index (χ2n) is 12.9. The Morgan fingerprint density at radius 2 is 1.90 bits per heavy atom. The zero-order valence-electron chi connectivity index (χ0n) is 28.7. The van der Waals surface area contributed by atoms with Gasteiger partial charge < -0.3 is 39.1 Å². The third kappa shape index (κ3) is 7.94. The molecule has 4 bridgehead atoms. The molecule has 3 aliphatic heterocycles. The molecule has 0 saturated carbocycles. The number of hydrogen-bond donors (Lipinski definition) is 1. The van der Waals surface area contributed by atoms with Crippen LogP contribution in [0, 0.1) is 6.92 Å². The minimum atomic E-state index is -0.506. The van der Waals surface area contributed by atoms with Gasteiger partial charge in [-0.1, -0.05) is 19.1 Å². The Morgan fingerprint density at radius 1 is 1.08 bits per heavy atom. The molecule has 0 radical (unpaired) electrons. The number of aromatic nitrogens is 2. The molecule has 0 aliphatic carbocycles. The van der Waals surface area contributed by atoms with Crippen molar-refractivity contribution in [3.8, 4) is 17.2 Å². The Labute approximate surface area is 287 Å². The number of piperidine rings is 1. The molecule has 2 fully saturated rings. The molecule has 13 heteroatoms. The summed E-state index contributed by atoms with van der Waals surface area (Å²) < 4.78 is 18.2. The van der Waals surface area contributed by atoms with Gasteiger partial charge in [-0.15, -0.1) is 0 Å². The molecule has 2 saturated heterocycles. The SMILES string of the molecule is CCCN1CC(=O)N[C@H]2CCN(C(=O)c3cnc(N4CCN(C)CC4)nc3C)C[C@@H]2OCc2cccc(c2)Oc2cc(ccc2OC)C1=O. The van der Waals surface area contributed by atoms with E-state index in [0.717, 1.165) is 31.7 Å². The normalized spacial score (nSPS) is 20.7. The summed E-state index contributed by atoms with van der Waals surface area (Å²) in [5.74, 6) is 1.31. The molecular formula is C36H45N7O6. The van der Waals surface area contributed by atoms with Gasteiger partial charge in [0.2, 0.25) is 11.9 Å². The van der Waals surface area contributed by atoms with Gasteiger partial charge in [0.1, 0.15) is 5.75 Å². The minimum absolute atomic E-state index is 0.115. The van der Waals surface area contributed by atoms with Gasteiger partial charge in [-0.05, 0) is 62.7 Å². The second-order valence-corrected chi connectivity index (χ2v) is 12.9. The first-order valence-corrected chi connectivity index (χ1v) is 16.9. The minimum Gasteiger partial charge on any atom is -0.493 e. The van der Waals surface area contributed by atoms with Gasteiger partial charge in [-0.3, -0.25) is 14.4 Å². The predicted molar refractivity (Wildman–Crippen MR) is 183 cm³/mol. The molecule has 1 aromatic heterocycles. The number of amides is 3. The molecule has 0 unspecified atom stereocenters.